The van der Waals surface area contributed by atoms with Crippen molar-refractivity contribution in [2.24, 2.45) is 10.9 Å². The lowest BCUT2D eigenvalue weighted by atomic mass is 10.2. The maximum absolute atomic E-state index is 6.21. The zero-order valence-corrected chi connectivity index (χ0v) is 10.2. The Balaban J connectivity index is 2.32. The van der Waals surface area contributed by atoms with Crippen LogP contribution in [0.4, 0.5) is 0 Å². The lowest BCUT2D eigenvalue weighted by molar-refractivity contribution is 0.680. The van der Waals surface area contributed by atoms with Gasteiger partial charge in [0.05, 0.1) is 24.0 Å². The van der Waals surface area contributed by atoms with E-state index in [9.17, 15) is 0 Å². The highest BCUT2D eigenvalue weighted by Gasteiger charge is 2.11. The highest BCUT2D eigenvalue weighted by Crippen LogP contribution is 2.18. The molecule has 2 aromatic rings. The third-order valence-corrected chi connectivity index (χ3v) is 2.89. The van der Waals surface area contributed by atoms with Crippen LogP contribution >= 0.6 is 11.6 Å². The zero-order valence-electron chi connectivity index (χ0n) is 9.47. The minimum absolute atomic E-state index is 0.556. The van der Waals surface area contributed by atoms with Crippen LogP contribution in [0.1, 0.15) is 16.8 Å². The van der Waals surface area contributed by atoms with Crippen molar-refractivity contribution < 1.29 is 0 Å². The average Bonchev–Trinajstić information content (AvgIpc) is 2.59. The Bertz CT molecular complexity index is 531. The second-order valence-electron chi connectivity index (χ2n) is 3.71. The number of benzene rings is 1. The molecule has 0 bridgehead atoms. The molecule has 0 aliphatic heterocycles. The summed E-state index contributed by atoms with van der Waals surface area (Å²) in [4.78, 5) is 0. The fourth-order valence-electron chi connectivity index (χ4n) is 1.65. The molecule has 0 aliphatic carbocycles. The van der Waals surface area contributed by atoms with Crippen molar-refractivity contribution in [1.29, 1.82) is 0 Å². The van der Waals surface area contributed by atoms with Crippen LogP contribution < -0.4 is 5.84 Å². The summed E-state index contributed by atoms with van der Waals surface area (Å²) < 4.78 is 1.74. The van der Waals surface area contributed by atoms with Crippen LogP contribution in [0.2, 0.25) is 5.15 Å². The molecule has 0 atom stereocenters. The fraction of sp³-hybridized carbons (Fsp3) is 0.167. The molecule has 0 aliphatic rings. The number of rotatable bonds is 3. The number of aryl methyl sites for hydroxylation is 1. The molecule has 0 radical (unpaired) electrons. The van der Waals surface area contributed by atoms with Crippen LogP contribution in [0.25, 0.3) is 0 Å². The Hall–Kier alpha value is -1.81. The number of nitrogens with zero attached hydrogens (tertiary/aromatic N) is 3. The molecule has 1 heterocycles. The molecule has 2 N–H and O–H groups in total. The first kappa shape index (κ1) is 11.7. The van der Waals surface area contributed by atoms with Gasteiger partial charge in [0.25, 0.3) is 0 Å². The number of nitrogens with two attached hydrogens (primary N) is 1. The number of hydrogen-bond donors (Lipinski definition) is 1. The van der Waals surface area contributed by atoms with E-state index in [0.29, 0.717) is 11.7 Å². The monoisotopic (exact) mass is 248 g/mol. The van der Waals surface area contributed by atoms with Crippen molar-refractivity contribution in [3.8, 4) is 0 Å². The smallest absolute Gasteiger partial charge is 0.136 e. The lowest BCUT2D eigenvalue weighted by Crippen LogP contribution is -2.01. The van der Waals surface area contributed by atoms with Crippen LogP contribution in [0, 0.1) is 6.92 Å². The number of hydrogen-bond acceptors (Lipinski definition) is 3. The number of aromatic nitrogens is 2. The molecule has 0 amide bonds. The van der Waals surface area contributed by atoms with Crippen molar-refractivity contribution in [2.45, 2.75) is 13.5 Å². The van der Waals surface area contributed by atoms with Crippen LogP contribution in [0.3, 0.4) is 0 Å². The van der Waals surface area contributed by atoms with Gasteiger partial charge in [0.2, 0.25) is 0 Å². The van der Waals surface area contributed by atoms with Crippen molar-refractivity contribution in [2.75, 3.05) is 0 Å². The number of hydrazone groups is 1. The van der Waals surface area contributed by atoms with E-state index in [0.717, 1.165) is 16.8 Å². The summed E-state index contributed by atoms with van der Waals surface area (Å²) in [6.45, 7) is 2.52. The average molecular weight is 249 g/mol. The predicted octanol–water partition coefficient (Wildman–Crippen LogP) is 2.19. The van der Waals surface area contributed by atoms with Crippen molar-refractivity contribution in [3.63, 3.8) is 0 Å². The summed E-state index contributed by atoms with van der Waals surface area (Å²) in [5, 5.41) is 8.40. The first-order chi connectivity index (χ1) is 8.22. The van der Waals surface area contributed by atoms with Gasteiger partial charge in [-0.05, 0) is 12.5 Å². The largest absolute Gasteiger partial charge is 0.323 e. The second kappa shape index (κ2) is 5.01. The quantitative estimate of drug-likeness (QED) is 0.514. The first-order valence-corrected chi connectivity index (χ1v) is 5.60. The molecule has 0 saturated heterocycles. The molecule has 0 fully saturated rings. The van der Waals surface area contributed by atoms with E-state index in [1.165, 1.54) is 6.21 Å². The first-order valence-electron chi connectivity index (χ1n) is 5.22. The van der Waals surface area contributed by atoms with E-state index in [2.05, 4.69) is 10.2 Å². The minimum Gasteiger partial charge on any atom is -0.323 e. The van der Waals surface area contributed by atoms with E-state index >= 15 is 0 Å². The molecule has 17 heavy (non-hydrogen) atoms. The Morgan fingerprint density at radius 1 is 1.41 bits per heavy atom. The summed E-state index contributed by atoms with van der Waals surface area (Å²) in [6.07, 6.45) is 1.52. The third-order valence-electron chi connectivity index (χ3n) is 2.49. The molecule has 0 spiro atoms. The Morgan fingerprint density at radius 3 is 2.76 bits per heavy atom. The van der Waals surface area contributed by atoms with Gasteiger partial charge in [-0.2, -0.15) is 10.2 Å². The molecular weight excluding hydrogens is 236 g/mol. The Labute approximate surface area is 105 Å². The minimum atomic E-state index is 0.556. The van der Waals surface area contributed by atoms with Crippen LogP contribution in [0.15, 0.2) is 35.4 Å². The topological polar surface area (TPSA) is 56.2 Å². The van der Waals surface area contributed by atoms with Gasteiger partial charge in [-0.25, -0.2) is 4.68 Å². The van der Waals surface area contributed by atoms with Crippen molar-refractivity contribution in [3.05, 3.63) is 52.3 Å². The van der Waals surface area contributed by atoms with Gasteiger partial charge in [0, 0.05) is 0 Å². The lowest BCUT2D eigenvalue weighted by Gasteiger charge is -2.02. The summed E-state index contributed by atoms with van der Waals surface area (Å²) >= 11 is 6.21. The predicted molar refractivity (Wildman–Crippen MR) is 69.3 cm³/mol. The highest BCUT2D eigenvalue weighted by atomic mass is 35.5. The van der Waals surface area contributed by atoms with Gasteiger partial charge in [0.1, 0.15) is 5.15 Å². The van der Waals surface area contributed by atoms with E-state index < -0.39 is 0 Å². The highest BCUT2D eigenvalue weighted by molar-refractivity contribution is 6.32. The van der Waals surface area contributed by atoms with E-state index in [1.807, 2.05) is 37.3 Å². The SMILES string of the molecule is Cc1nn(Cc2ccccc2)c(Cl)c1/C=N\N. The Morgan fingerprint density at radius 2 is 2.12 bits per heavy atom. The Kier molecular flexibility index (Phi) is 3.44. The number of halogens is 1. The standard InChI is InChI=1S/C12H13ClN4/c1-9-11(7-15-14)12(13)17(16-9)8-10-5-3-2-4-6-10/h2-7H,8,14H2,1H3/b15-7-. The zero-order chi connectivity index (χ0) is 12.3. The van der Waals surface area contributed by atoms with Crippen molar-refractivity contribution >= 4 is 17.8 Å². The van der Waals surface area contributed by atoms with Crippen molar-refractivity contribution in [1.82, 2.24) is 9.78 Å². The summed E-state index contributed by atoms with van der Waals surface area (Å²) in [5.41, 5.74) is 2.73. The molecular formula is C12H13ClN4. The van der Waals surface area contributed by atoms with Crippen LogP contribution in [0.5, 0.6) is 0 Å². The van der Waals surface area contributed by atoms with Crippen LogP contribution in [-0.4, -0.2) is 16.0 Å². The summed E-state index contributed by atoms with van der Waals surface area (Å²) in [6, 6.07) is 10.0. The molecule has 1 aromatic heterocycles. The van der Waals surface area contributed by atoms with Gasteiger partial charge in [-0.1, -0.05) is 41.9 Å². The van der Waals surface area contributed by atoms with Gasteiger partial charge in [-0.15, -0.1) is 0 Å². The van der Waals surface area contributed by atoms with Gasteiger partial charge < -0.3 is 5.84 Å². The summed E-state index contributed by atoms with van der Waals surface area (Å²) in [7, 11) is 0. The maximum atomic E-state index is 6.21. The van der Waals surface area contributed by atoms with Gasteiger partial charge in [0.15, 0.2) is 0 Å². The molecule has 88 valence electrons. The summed E-state index contributed by atoms with van der Waals surface area (Å²) in [5.74, 6) is 5.13. The molecule has 5 heteroatoms. The molecule has 2 rings (SSSR count). The maximum Gasteiger partial charge on any atom is 0.136 e. The third kappa shape index (κ3) is 2.47. The molecule has 0 unspecified atom stereocenters. The molecule has 1 aromatic carbocycles. The van der Waals surface area contributed by atoms with Crippen LogP contribution in [-0.2, 0) is 6.54 Å². The van der Waals surface area contributed by atoms with Gasteiger partial charge >= 0.3 is 0 Å². The van der Waals surface area contributed by atoms with E-state index in [1.54, 1.807) is 4.68 Å². The van der Waals surface area contributed by atoms with E-state index in [4.69, 9.17) is 17.4 Å². The molecule has 0 saturated carbocycles. The normalized spacial score (nSPS) is 11.2. The second-order valence-corrected chi connectivity index (χ2v) is 4.07. The fourth-order valence-corrected chi connectivity index (χ4v) is 1.93. The van der Waals surface area contributed by atoms with Gasteiger partial charge in [-0.3, -0.25) is 0 Å². The van der Waals surface area contributed by atoms with E-state index in [-0.39, 0.29) is 0 Å². The molecule has 4 nitrogen and oxygen atoms in total.